The normalized spacial score (nSPS) is 23.1. The minimum Gasteiger partial charge on any atom is -0.395 e. The highest BCUT2D eigenvalue weighted by Crippen LogP contribution is 2.15. The molecule has 84 valence electrons. The molecule has 14 heavy (non-hydrogen) atoms. The van der Waals surface area contributed by atoms with Crippen molar-refractivity contribution in [3.63, 3.8) is 0 Å². The molecule has 0 saturated carbocycles. The molecular weight excluding hydrogens is 178 g/mol. The van der Waals surface area contributed by atoms with Crippen LogP contribution in [0.5, 0.6) is 0 Å². The van der Waals surface area contributed by atoms with Crippen LogP contribution in [0.15, 0.2) is 0 Å². The zero-order valence-corrected chi connectivity index (χ0v) is 9.24. The van der Waals surface area contributed by atoms with Crippen molar-refractivity contribution in [1.82, 2.24) is 4.90 Å². The largest absolute Gasteiger partial charge is 0.395 e. The molecule has 1 aliphatic heterocycles. The summed E-state index contributed by atoms with van der Waals surface area (Å²) in [7, 11) is 0. The third-order valence-corrected chi connectivity index (χ3v) is 2.87. The summed E-state index contributed by atoms with van der Waals surface area (Å²) >= 11 is 0. The summed E-state index contributed by atoms with van der Waals surface area (Å²) in [5, 5.41) is 9.09. The average Bonchev–Trinajstić information content (AvgIpc) is 2.65. The Kier molecular flexibility index (Phi) is 6.15. The van der Waals surface area contributed by atoms with Crippen LogP contribution in [0.1, 0.15) is 32.6 Å². The molecular formula is C11H23NO2. The highest BCUT2D eigenvalue weighted by molar-refractivity contribution is 4.77. The van der Waals surface area contributed by atoms with Crippen molar-refractivity contribution >= 4 is 0 Å². The van der Waals surface area contributed by atoms with E-state index in [-0.39, 0.29) is 0 Å². The molecule has 0 spiro atoms. The Bertz CT molecular complexity index is 141. The van der Waals surface area contributed by atoms with Gasteiger partial charge in [0.25, 0.3) is 0 Å². The van der Waals surface area contributed by atoms with Gasteiger partial charge in [0.15, 0.2) is 0 Å². The van der Waals surface area contributed by atoms with Crippen LogP contribution in [0.3, 0.4) is 0 Å². The summed E-state index contributed by atoms with van der Waals surface area (Å²) in [4.78, 5) is 2.34. The highest BCUT2D eigenvalue weighted by Gasteiger charge is 2.22. The fourth-order valence-electron chi connectivity index (χ4n) is 1.93. The fourth-order valence-corrected chi connectivity index (χ4v) is 1.93. The Balaban J connectivity index is 2.00. The quantitative estimate of drug-likeness (QED) is 0.629. The van der Waals surface area contributed by atoms with Gasteiger partial charge in [0.2, 0.25) is 0 Å². The van der Waals surface area contributed by atoms with Crippen LogP contribution >= 0.6 is 0 Å². The van der Waals surface area contributed by atoms with E-state index >= 15 is 0 Å². The van der Waals surface area contributed by atoms with Gasteiger partial charge in [0, 0.05) is 19.2 Å². The van der Waals surface area contributed by atoms with E-state index in [1.165, 1.54) is 12.8 Å². The topological polar surface area (TPSA) is 32.7 Å². The van der Waals surface area contributed by atoms with Crippen LogP contribution in [-0.2, 0) is 4.74 Å². The molecule has 1 atom stereocenters. The zero-order chi connectivity index (χ0) is 10.2. The first-order valence-corrected chi connectivity index (χ1v) is 5.81. The Hall–Kier alpha value is -0.120. The molecule has 0 aliphatic carbocycles. The van der Waals surface area contributed by atoms with Gasteiger partial charge in [0.1, 0.15) is 0 Å². The molecule has 0 unspecified atom stereocenters. The number of unbranched alkanes of at least 4 members (excludes halogenated alkanes) is 1. The first-order valence-electron chi connectivity index (χ1n) is 5.81. The SMILES string of the molecule is CCCCOCCN1CCC[C@@H]1CO. The number of nitrogens with zero attached hydrogens (tertiary/aromatic N) is 1. The number of likely N-dealkylation sites (tertiary alicyclic amines) is 1. The van der Waals surface area contributed by atoms with Crippen LogP contribution in [0.25, 0.3) is 0 Å². The Labute approximate surface area is 87.1 Å². The number of ether oxygens (including phenoxy) is 1. The summed E-state index contributed by atoms with van der Waals surface area (Å²) in [6.45, 7) is 6.28. The van der Waals surface area contributed by atoms with Gasteiger partial charge >= 0.3 is 0 Å². The van der Waals surface area contributed by atoms with E-state index in [0.29, 0.717) is 12.6 Å². The van der Waals surface area contributed by atoms with Crippen molar-refractivity contribution in [1.29, 1.82) is 0 Å². The molecule has 1 N–H and O–H groups in total. The van der Waals surface area contributed by atoms with E-state index in [1.54, 1.807) is 0 Å². The summed E-state index contributed by atoms with van der Waals surface area (Å²) in [6, 6.07) is 0.393. The first-order chi connectivity index (χ1) is 6.88. The van der Waals surface area contributed by atoms with E-state index in [0.717, 1.165) is 39.1 Å². The Morgan fingerprint density at radius 1 is 1.43 bits per heavy atom. The van der Waals surface area contributed by atoms with Crippen LogP contribution in [0, 0.1) is 0 Å². The standard InChI is InChI=1S/C11H23NO2/c1-2-3-8-14-9-7-12-6-4-5-11(12)10-13/h11,13H,2-10H2,1H3/t11-/m1/s1. The number of hydrogen-bond donors (Lipinski definition) is 1. The highest BCUT2D eigenvalue weighted by atomic mass is 16.5. The lowest BCUT2D eigenvalue weighted by Crippen LogP contribution is -2.34. The summed E-state index contributed by atoms with van der Waals surface area (Å²) in [5.41, 5.74) is 0. The van der Waals surface area contributed by atoms with Gasteiger partial charge in [-0.1, -0.05) is 13.3 Å². The molecule has 3 heteroatoms. The Morgan fingerprint density at radius 2 is 2.29 bits per heavy atom. The van der Waals surface area contributed by atoms with Gasteiger partial charge in [-0.25, -0.2) is 0 Å². The number of rotatable bonds is 7. The predicted octanol–water partition coefficient (Wildman–Crippen LogP) is 1.26. The van der Waals surface area contributed by atoms with Crippen molar-refractivity contribution in [2.45, 2.75) is 38.6 Å². The molecule has 0 amide bonds. The van der Waals surface area contributed by atoms with E-state index in [2.05, 4.69) is 11.8 Å². The third-order valence-electron chi connectivity index (χ3n) is 2.87. The summed E-state index contributed by atoms with van der Waals surface area (Å²) in [5.74, 6) is 0. The summed E-state index contributed by atoms with van der Waals surface area (Å²) in [6.07, 6.45) is 4.72. The smallest absolute Gasteiger partial charge is 0.0593 e. The molecule has 0 radical (unpaired) electrons. The van der Waals surface area contributed by atoms with Crippen molar-refractivity contribution < 1.29 is 9.84 Å². The van der Waals surface area contributed by atoms with Crippen LogP contribution < -0.4 is 0 Å². The lowest BCUT2D eigenvalue weighted by molar-refractivity contribution is 0.0839. The van der Waals surface area contributed by atoms with Gasteiger partial charge in [-0.3, -0.25) is 4.90 Å². The molecule has 0 aromatic heterocycles. The van der Waals surface area contributed by atoms with Crippen molar-refractivity contribution in [2.75, 3.05) is 32.9 Å². The molecule has 1 fully saturated rings. The van der Waals surface area contributed by atoms with E-state index in [9.17, 15) is 0 Å². The molecule has 1 rings (SSSR count). The summed E-state index contributed by atoms with van der Waals surface area (Å²) < 4.78 is 5.51. The minimum atomic E-state index is 0.301. The molecule has 1 heterocycles. The van der Waals surface area contributed by atoms with Gasteiger partial charge in [-0.2, -0.15) is 0 Å². The van der Waals surface area contributed by atoms with Crippen molar-refractivity contribution in [3.05, 3.63) is 0 Å². The fraction of sp³-hybridized carbons (Fsp3) is 1.00. The van der Waals surface area contributed by atoms with E-state index in [1.807, 2.05) is 0 Å². The van der Waals surface area contributed by atoms with Crippen molar-refractivity contribution in [3.8, 4) is 0 Å². The molecule has 3 nitrogen and oxygen atoms in total. The van der Waals surface area contributed by atoms with E-state index < -0.39 is 0 Å². The predicted molar refractivity (Wildman–Crippen MR) is 57.4 cm³/mol. The number of aliphatic hydroxyl groups excluding tert-OH is 1. The van der Waals surface area contributed by atoms with Gasteiger partial charge in [-0.05, 0) is 25.8 Å². The zero-order valence-electron chi connectivity index (χ0n) is 9.24. The molecule has 1 aliphatic rings. The first kappa shape index (κ1) is 12.0. The maximum absolute atomic E-state index is 9.09. The van der Waals surface area contributed by atoms with Crippen molar-refractivity contribution in [2.24, 2.45) is 0 Å². The third kappa shape index (κ3) is 3.95. The monoisotopic (exact) mass is 201 g/mol. The minimum absolute atomic E-state index is 0.301. The molecule has 1 saturated heterocycles. The number of aliphatic hydroxyl groups is 1. The van der Waals surface area contributed by atoms with E-state index in [4.69, 9.17) is 9.84 Å². The lowest BCUT2D eigenvalue weighted by atomic mass is 10.2. The second-order valence-corrected chi connectivity index (χ2v) is 3.98. The Morgan fingerprint density at radius 3 is 3.00 bits per heavy atom. The van der Waals surface area contributed by atoms with Gasteiger partial charge < -0.3 is 9.84 Å². The van der Waals surface area contributed by atoms with Crippen LogP contribution in [-0.4, -0.2) is 49.0 Å². The molecule has 0 aromatic carbocycles. The lowest BCUT2D eigenvalue weighted by Gasteiger charge is -2.22. The molecule has 0 bridgehead atoms. The van der Waals surface area contributed by atoms with Crippen LogP contribution in [0.2, 0.25) is 0 Å². The van der Waals surface area contributed by atoms with Gasteiger partial charge in [-0.15, -0.1) is 0 Å². The molecule has 0 aromatic rings. The van der Waals surface area contributed by atoms with Gasteiger partial charge in [0.05, 0.1) is 13.2 Å². The maximum atomic E-state index is 9.09. The second kappa shape index (κ2) is 7.21. The second-order valence-electron chi connectivity index (χ2n) is 3.98. The maximum Gasteiger partial charge on any atom is 0.0593 e. The average molecular weight is 201 g/mol. The van der Waals surface area contributed by atoms with Crippen LogP contribution in [0.4, 0.5) is 0 Å². The number of hydrogen-bond acceptors (Lipinski definition) is 3.